The second-order valence-corrected chi connectivity index (χ2v) is 4.58. The summed E-state index contributed by atoms with van der Waals surface area (Å²) < 4.78 is 0. The van der Waals surface area contributed by atoms with Crippen LogP contribution >= 0.6 is 0 Å². The lowest BCUT2D eigenvalue weighted by Crippen LogP contribution is -2.53. The molecule has 0 bridgehead atoms. The number of imide groups is 1. The molecule has 1 atom stereocenters. The van der Waals surface area contributed by atoms with Crippen molar-refractivity contribution in [2.45, 2.75) is 25.8 Å². The number of likely N-dealkylation sites (tertiary alicyclic amines) is 1. The number of carbonyl (C=O) groups excluding carboxylic acids is 3. The number of amides is 3. The minimum Gasteiger partial charge on any atom is -0.339 e. The maximum atomic E-state index is 11.9. The van der Waals surface area contributed by atoms with E-state index in [0.717, 1.165) is 10.5 Å². The average molecular weight is 261 g/mol. The van der Waals surface area contributed by atoms with E-state index in [-0.39, 0.29) is 23.9 Å². The van der Waals surface area contributed by atoms with Crippen molar-refractivity contribution in [3.63, 3.8) is 0 Å². The Hall–Kier alpha value is -2.24. The van der Waals surface area contributed by atoms with Gasteiger partial charge in [-0.25, -0.2) is 0 Å². The van der Waals surface area contributed by atoms with E-state index in [2.05, 4.69) is 10.3 Å². The van der Waals surface area contributed by atoms with Crippen molar-refractivity contribution in [3.05, 3.63) is 29.6 Å². The van der Waals surface area contributed by atoms with Crippen molar-refractivity contribution in [1.82, 2.24) is 15.2 Å². The lowest BCUT2D eigenvalue weighted by Gasteiger charge is -2.28. The van der Waals surface area contributed by atoms with Crippen LogP contribution in [0.25, 0.3) is 0 Å². The number of hydrogen-bond donors (Lipinski definition) is 1. The van der Waals surface area contributed by atoms with Crippen LogP contribution < -0.4 is 5.32 Å². The molecule has 2 heterocycles. The SMILES string of the molecule is Cc1ccc(C(=O)NC2CCC(=O)N(C)C2=O)nc1. The van der Waals surface area contributed by atoms with E-state index < -0.39 is 11.9 Å². The van der Waals surface area contributed by atoms with Crippen LogP contribution in [-0.4, -0.2) is 40.7 Å². The van der Waals surface area contributed by atoms with Crippen LogP contribution in [-0.2, 0) is 9.59 Å². The molecule has 19 heavy (non-hydrogen) atoms. The molecule has 2 rings (SSSR count). The quantitative estimate of drug-likeness (QED) is 0.775. The molecule has 0 spiro atoms. The predicted octanol–water partition coefficient (Wildman–Crippen LogP) is 0.267. The first-order valence-corrected chi connectivity index (χ1v) is 6.03. The third-order valence-electron chi connectivity index (χ3n) is 3.10. The lowest BCUT2D eigenvalue weighted by atomic mass is 10.0. The highest BCUT2D eigenvalue weighted by Crippen LogP contribution is 2.12. The van der Waals surface area contributed by atoms with Crippen LogP contribution in [0.5, 0.6) is 0 Å². The molecule has 1 saturated heterocycles. The Kier molecular flexibility index (Phi) is 3.59. The molecule has 1 aliphatic rings. The van der Waals surface area contributed by atoms with Gasteiger partial charge in [0, 0.05) is 19.7 Å². The Morgan fingerprint density at radius 1 is 1.42 bits per heavy atom. The molecule has 1 aliphatic heterocycles. The van der Waals surface area contributed by atoms with Crippen LogP contribution in [0.3, 0.4) is 0 Å². The van der Waals surface area contributed by atoms with E-state index in [1.54, 1.807) is 18.3 Å². The molecule has 0 aliphatic carbocycles. The van der Waals surface area contributed by atoms with Gasteiger partial charge in [-0.05, 0) is 25.0 Å². The average Bonchev–Trinajstić information content (AvgIpc) is 2.40. The Balaban J connectivity index is 2.05. The summed E-state index contributed by atoms with van der Waals surface area (Å²) in [6.45, 7) is 1.87. The molecule has 1 aromatic rings. The molecule has 1 unspecified atom stereocenters. The van der Waals surface area contributed by atoms with E-state index in [1.807, 2.05) is 6.92 Å². The molecule has 6 nitrogen and oxygen atoms in total. The summed E-state index contributed by atoms with van der Waals surface area (Å²) in [4.78, 5) is 40.1. The number of nitrogens with zero attached hydrogens (tertiary/aromatic N) is 2. The van der Waals surface area contributed by atoms with Gasteiger partial charge in [0.2, 0.25) is 5.91 Å². The molecule has 1 N–H and O–H groups in total. The van der Waals surface area contributed by atoms with Gasteiger partial charge in [0.15, 0.2) is 0 Å². The summed E-state index contributed by atoms with van der Waals surface area (Å²) in [6.07, 6.45) is 2.18. The van der Waals surface area contributed by atoms with Crippen molar-refractivity contribution in [3.8, 4) is 0 Å². The number of aromatic nitrogens is 1. The van der Waals surface area contributed by atoms with Crippen LogP contribution in [0, 0.1) is 6.92 Å². The number of carbonyl (C=O) groups is 3. The fraction of sp³-hybridized carbons (Fsp3) is 0.385. The fourth-order valence-corrected chi connectivity index (χ4v) is 1.88. The molecular weight excluding hydrogens is 246 g/mol. The van der Waals surface area contributed by atoms with E-state index in [9.17, 15) is 14.4 Å². The molecule has 6 heteroatoms. The van der Waals surface area contributed by atoms with Gasteiger partial charge in [-0.2, -0.15) is 0 Å². The van der Waals surface area contributed by atoms with Gasteiger partial charge in [-0.3, -0.25) is 24.3 Å². The van der Waals surface area contributed by atoms with Crippen LogP contribution in [0.2, 0.25) is 0 Å². The van der Waals surface area contributed by atoms with Gasteiger partial charge in [-0.15, -0.1) is 0 Å². The van der Waals surface area contributed by atoms with E-state index in [4.69, 9.17) is 0 Å². The Bertz CT molecular complexity index is 524. The molecular formula is C13H15N3O3. The second-order valence-electron chi connectivity index (χ2n) is 4.58. The molecule has 100 valence electrons. The molecule has 3 amide bonds. The van der Waals surface area contributed by atoms with Gasteiger partial charge in [0.1, 0.15) is 11.7 Å². The number of aryl methyl sites for hydroxylation is 1. The molecule has 0 aromatic carbocycles. The maximum Gasteiger partial charge on any atom is 0.270 e. The fourth-order valence-electron chi connectivity index (χ4n) is 1.88. The third-order valence-corrected chi connectivity index (χ3v) is 3.10. The lowest BCUT2D eigenvalue weighted by molar-refractivity contribution is -0.147. The first-order valence-electron chi connectivity index (χ1n) is 6.03. The Morgan fingerprint density at radius 2 is 2.16 bits per heavy atom. The first-order chi connectivity index (χ1) is 8.99. The molecule has 1 fully saturated rings. The van der Waals surface area contributed by atoms with Crippen LogP contribution in [0.4, 0.5) is 0 Å². The van der Waals surface area contributed by atoms with Gasteiger partial charge < -0.3 is 5.32 Å². The summed E-state index contributed by atoms with van der Waals surface area (Å²) in [5, 5.41) is 2.61. The first kappa shape index (κ1) is 13.2. The van der Waals surface area contributed by atoms with Crippen molar-refractivity contribution >= 4 is 17.7 Å². The zero-order chi connectivity index (χ0) is 14.0. The van der Waals surface area contributed by atoms with Crippen LogP contribution in [0.15, 0.2) is 18.3 Å². The minimum atomic E-state index is -0.654. The third kappa shape index (κ3) is 2.78. The van der Waals surface area contributed by atoms with Crippen molar-refractivity contribution in [1.29, 1.82) is 0 Å². The number of nitrogens with one attached hydrogen (secondary N) is 1. The zero-order valence-electron chi connectivity index (χ0n) is 10.8. The topological polar surface area (TPSA) is 79.4 Å². The summed E-state index contributed by atoms with van der Waals surface area (Å²) >= 11 is 0. The number of hydrogen-bond acceptors (Lipinski definition) is 4. The highest BCUT2D eigenvalue weighted by Gasteiger charge is 2.32. The molecule has 1 aromatic heterocycles. The van der Waals surface area contributed by atoms with Crippen molar-refractivity contribution in [2.24, 2.45) is 0 Å². The number of likely N-dealkylation sites (N-methyl/N-ethyl adjacent to an activating group) is 1. The standard InChI is InChI=1S/C13H15N3O3/c1-8-3-4-9(14-7-8)12(18)15-10-5-6-11(17)16(2)13(10)19/h3-4,7,10H,5-6H2,1-2H3,(H,15,18). The molecule has 0 radical (unpaired) electrons. The summed E-state index contributed by atoms with van der Waals surface area (Å²) in [5.74, 6) is -0.998. The van der Waals surface area contributed by atoms with Crippen molar-refractivity contribution in [2.75, 3.05) is 7.05 Å². The number of piperidine rings is 1. The monoisotopic (exact) mass is 261 g/mol. The van der Waals surface area contributed by atoms with Crippen LogP contribution in [0.1, 0.15) is 28.9 Å². The van der Waals surface area contributed by atoms with Crippen molar-refractivity contribution < 1.29 is 14.4 Å². The smallest absolute Gasteiger partial charge is 0.270 e. The van der Waals surface area contributed by atoms with E-state index in [1.165, 1.54) is 7.05 Å². The Labute approximate surface area is 110 Å². The van der Waals surface area contributed by atoms with Gasteiger partial charge in [0.05, 0.1) is 0 Å². The summed E-state index contributed by atoms with van der Waals surface area (Å²) in [7, 11) is 1.42. The largest absolute Gasteiger partial charge is 0.339 e. The summed E-state index contributed by atoms with van der Waals surface area (Å²) in [6, 6.07) is 2.73. The van der Waals surface area contributed by atoms with E-state index >= 15 is 0 Å². The minimum absolute atomic E-state index is 0.219. The van der Waals surface area contributed by atoms with E-state index in [0.29, 0.717) is 6.42 Å². The Morgan fingerprint density at radius 3 is 2.79 bits per heavy atom. The second kappa shape index (κ2) is 5.17. The predicted molar refractivity (Wildman–Crippen MR) is 67.2 cm³/mol. The highest BCUT2D eigenvalue weighted by molar-refractivity contribution is 6.03. The number of rotatable bonds is 2. The van der Waals surface area contributed by atoms with Gasteiger partial charge in [0.25, 0.3) is 11.8 Å². The zero-order valence-corrected chi connectivity index (χ0v) is 10.8. The maximum absolute atomic E-state index is 11.9. The van der Waals surface area contributed by atoms with Gasteiger partial charge in [-0.1, -0.05) is 6.07 Å². The normalized spacial score (nSPS) is 19.5. The van der Waals surface area contributed by atoms with Gasteiger partial charge >= 0.3 is 0 Å². The number of pyridine rings is 1. The summed E-state index contributed by atoms with van der Waals surface area (Å²) in [5.41, 5.74) is 1.22. The highest BCUT2D eigenvalue weighted by atomic mass is 16.2. The molecule has 0 saturated carbocycles.